The van der Waals surface area contributed by atoms with Crippen LogP contribution in [0.15, 0.2) is 29.4 Å². The fraction of sp³-hybridized carbons (Fsp3) is 0.438. The predicted molar refractivity (Wildman–Crippen MR) is 91.3 cm³/mol. The van der Waals surface area contributed by atoms with Crippen molar-refractivity contribution in [3.63, 3.8) is 0 Å². The van der Waals surface area contributed by atoms with Crippen molar-refractivity contribution in [3.8, 4) is 11.4 Å². The molecule has 0 radical (unpaired) electrons. The first-order valence-electron chi connectivity index (χ1n) is 7.92. The van der Waals surface area contributed by atoms with Crippen LogP contribution >= 0.6 is 11.8 Å². The van der Waals surface area contributed by atoms with Gasteiger partial charge in [0.05, 0.1) is 11.3 Å². The number of hydrogen-bond donors (Lipinski definition) is 1. The number of benzene rings is 1. The Labute approximate surface area is 144 Å². The molecule has 1 fully saturated rings. The molecule has 128 valence electrons. The van der Waals surface area contributed by atoms with Gasteiger partial charge in [0.2, 0.25) is 11.1 Å². The monoisotopic (exact) mass is 349 g/mol. The van der Waals surface area contributed by atoms with Gasteiger partial charge in [0.25, 0.3) is 0 Å². The summed E-state index contributed by atoms with van der Waals surface area (Å²) < 4.78 is 15.1. The zero-order chi connectivity index (χ0) is 17.1. The van der Waals surface area contributed by atoms with Gasteiger partial charge in [0, 0.05) is 13.1 Å². The number of hydrogen-bond acceptors (Lipinski definition) is 5. The molecule has 8 heteroatoms. The molecule has 0 aliphatic carbocycles. The van der Waals surface area contributed by atoms with Crippen molar-refractivity contribution >= 4 is 17.7 Å². The molecule has 2 aromatic rings. The third-order valence-electron chi connectivity index (χ3n) is 4.11. The predicted octanol–water partition coefficient (Wildman–Crippen LogP) is 2.15. The van der Waals surface area contributed by atoms with Crippen LogP contribution < -0.4 is 5.84 Å². The Hall–Kier alpha value is -2.09. The zero-order valence-electron chi connectivity index (χ0n) is 13.5. The lowest BCUT2D eigenvalue weighted by Gasteiger charge is -2.30. The quantitative estimate of drug-likeness (QED) is 0.676. The Morgan fingerprint density at radius 1 is 1.42 bits per heavy atom. The first-order chi connectivity index (χ1) is 11.6. The van der Waals surface area contributed by atoms with E-state index in [0.717, 1.165) is 19.5 Å². The number of piperidine rings is 1. The number of aromatic nitrogens is 3. The number of nitrogens with two attached hydrogens (primary N) is 1. The number of thioether (sulfide) groups is 1. The van der Waals surface area contributed by atoms with Crippen LogP contribution in [-0.2, 0) is 4.79 Å². The van der Waals surface area contributed by atoms with Gasteiger partial charge >= 0.3 is 0 Å². The standard InChI is InChI=1S/C16H20FN5OS/c1-11-5-4-8-21(9-11)14(23)10-24-16-20-19-15(22(16)18)12-6-2-3-7-13(12)17/h2-3,6-7,11H,4-5,8-10,18H2,1H3/t11-/m1/s1. The van der Waals surface area contributed by atoms with Crippen LogP contribution in [0.3, 0.4) is 0 Å². The molecule has 6 nitrogen and oxygen atoms in total. The van der Waals surface area contributed by atoms with Crippen LogP contribution in [0.4, 0.5) is 4.39 Å². The van der Waals surface area contributed by atoms with Gasteiger partial charge < -0.3 is 10.7 Å². The highest BCUT2D eigenvalue weighted by atomic mass is 32.2. The summed E-state index contributed by atoms with van der Waals surface area (Å²) in [6.45, 7) is 3.76. The Balaban J connectivity index is 1.66. The fourth-order valence-corrected chi connectivity index (χ4v) is 3.59. The summed E-state index contributed by atoms with van der Waals surface area (Å²) in [6, 6.07) is 6.25. The van der Waals surface area contributed by atoms with E-state index in [1.165, 1.54) is 28.9 Å². The van der Waals surface area contributed by atoms with Gasteiger partial charge in [-0.3, -0.25) is 4.79 Å². The van der Waals surface area contributed by atoms with E-state index in [9.17, 15) is 9.18 Å². The van der Waals surface area contributed by atoms with Crippen molar-refractivity contribution in [2.45, 2.75) is 24.9 Å². The van der Waals surface area contributed by atoms with E-state index in [1.54, 1.807) is 18.2 Å². The van der Waals surface area contributed by atoms with Crippen molar-refractivity contribution < 1.29 is 9.18 Å². The maximum atomic E-state index is 13.9. The van der Waals surface area contributed by atoms with Gasteiger partial charge in [0.15, 0.2) is 5.82 Å². The molecule has 1 aliphatic rings. The van der Waals surface area contributed by atoms with Crippen molar-refractivity contribution in [2.24, 2.45) is 5.92 Å². The number of nitrogen functional groups attached to an aromatic ring is 1. The number of likely N-dealkylation sites (tertiary alicyclic amines) is 1. The normalized spacial score (nSPS) is 17.9. The summed E-state index contributed by atoms with van der Waals surface area (Å²) in [4.78, 5) is 14.2. The number of carbonyl (C=O) groups is 1. The average molecular weight is 349 g/mol. The van der Waals surface area contributed by atoms with Crippen LogP contribution in [0, 0.1) is 11.7 Å². The minimum atomic E-state index is -0.411. The largest absolute Gasteiger partial charge is 0.342 e. The molecular formula is C16H20FN5OS. The second-order valence-electron chi connectivity index (χ2n) is 6.03. The van der Waals surface area contributed by atoms with Gasteiger partial charge in [-0.05, 0) is 30.9 Å². The summed E-state index contributed by atoms with van der Waals surface area (Å²) in [6.07, 6.45) is 2.21. The summed E-state index contributed by atoms with van der Waals surface area (Å²) in [7, 11) is 0. The smallest absolute Gasteiger partial charge is 0.233 e. The minimum absolute atomic E-state index is 0.0713. The second kappa shape index (κ2) is 7.21. The number of amides is 1. The maximum Gasteiger partial charge on any atom is 0.233 e. The molecule has 0 spiro atoms. The van der Waals surface area contributed by atoms with Gasteiger partial charge in [-0.2, -0.15) is 0 Å². The molecule has 1 aromatic carbocycles. The number of nitrogens with zero attached hydrogens (tertiary/aromatic N) is 4. The molecule has 1 aromatic heterocycles. The van der Waals surface area contributed by atoms with Crippen molar-refractivity contribution in [1.29, 1.82) is 0 Å². The molecule has 0 bridgehead atoms. The molecule has 1 saturated heterocycles. The Bertz CT molecular complexity index is 735. The van der Waals surface area contributed by atoms with Crippen LogP contribution in [-0.4, -0.2) is 44.5 Å². The fourth-order valence-electron chi connectivity index (χ4n) is 2.84. The lowest BCUT2D eigenvalue weighted by molar-refractivity contribution is -0.130. The van der Waals surface area contributed by atoms with Gasteiger partial charge in [-0.15, -0.1) is 10.2 Å². The lowest BCUT2D eigenvalue weighted by atomic mass is 10.0. The van der Waals surface area contributed by atoms with E-state index in [2.05, 4.69) is 17.1 Å². The maximum absolute atomic E-state index is 13.9. The number of rotatable bonds is 4. The lowest BCUT2D eigenvalue weighted by Crippen LogP contribution is -2.40. The van der Waals surface area contributed by atoms with Crippen LogP contribution in [0.2, 0.25) is 0 Å². The van der Waals surface area contributed by atoms with E-state index < -0.39 is 5.82 Å². The molecule has 2 N–H and O–H groups in total. The highest BCUT2D eigenvalue weighted by molar-refractivity contribution is 7.99. The Morgan fingerprint density at radius 2 is 2.21 bits per heavy atom. The molecular weight excluding hydrogens is 329 g/mol. The third kappa shape index (κ3) is 3.53. The van der Waals surface area contributed by atoms with Gasteiger partial charge in [-0.25, -0.2) is 9.07 Å². The van der Waals surface area contributed by atoms with Gasteiger partial charge in [0.1, 0.15) is 5.82 Å². The van der Waals surface area contributed by atoms with E-state index in [0.29, 0.717) is 11.1 Å². The molecule has 0 unspecified atom stereocenters. The third-order valence-corrected chi connectivity index (χ3v) is 5.04. The van der Waals surface area contributed by atoms with E-state index in [4.69, 9.17) is 5.84 Å². The summed E-state index contributed by atoms with van der Waals surface area (Å²) >= 11 is 1.22. The van der Waals surface area contributed by atoms with E-state index >= 15 is 0 Å². The summed E-state index contributed by atoms with van der Waals surface area (Å²) in [5.74, 6) is 6.67. The van der Waals surface area contributed by atoms with Gasteiger partial charge in [-0.1, -0.05) is 30.8 Å². The Kier molecular flexibility index (Phi) is 5.03. The second-order valence-corrected chi connectivity index (χ2v) is 6.97. The minimum Gasteiger partial charge on any atom is -0.342 e. The highest BCUT2D eigenvalue weighted by Crippen LogP contribution is 2.24. The molecule has 1 amide bonds. The van der Waals surface area contributed by atoms with E-state index in [1.807, 2.05) is 4.90 Å². The van der Waals surface area contributed by atoms with Crippen LogP contribution in [0.1, 0.15) is 19.8 Å². The summed E-state index contributed by atoms with van der Waals surface area (Å²) in [5.41, 5.74) is 0.288. The topological polar surface area (TPSA) is 77.0 Å². The highest BCUT2D eigenvalue weighted by Gasteiger charge is 2.22. The molecule has 24 heavy (non-hydrogen) atoms. The first-order valence-corrected chi connectivity index (χ1v) is 8.90. The molecule has 0 saturated carbocycles. The van der Waals surface area contributed by atoms with Crippen molar-refractivity contribution in [2.75, 3.05) is 24.7 Å². The zero-order valence-corrected chi connectivity index (χ0v) is 14.3. The Morgan fingerprint density at radius 3 is 2.96 bits per heavy atom. The average Bonchev–Trinajstić information content (AvgIpc) is 2.94. The molecule has 1 atom stereocenters. The van der Waals surface area contributed by atoms with Crippen molar-refractivity contribution in [3.05, 3.63) is 30.1 Å². The summed E-state index contributed by atoms with van der Waals surface area (Å²) in [5, 5.41) is 8.33. The van der Waals surface area contributed by atoms with Crippen LogP contribution in [0.5, 0.6) is 0 Å². The molecule has 2 heterocycles. The van der Waals surface area contributed by atoms with E-state index in [-0.39, 0.29) is 23.0 Å². The van der Waals surface area contributed by atoms with Crippen molar-refractivity contribution in [1.82, 2.24) is 19.8 Å². The SMILES string of the molecule is C[C@@H]1CCCN(C(=O)CSc2nnc(-c3ccccc3F)n2N)C1. The number of halogens is 1. The molecule has 1 aliphatic heterocycles. The van der Waals surface area contributed by atoms with Crippen LogP contribution in [0.25, 0.3) is 11.4 Å². The number of carbonyl (C=O) groups excluding carboxylic acids is 1. The molecule has 3 rings (SSSR count). The first kappa shape index (κ1) is 16.8.